The molecule has 1 aliphatic rings. The van der Waals surface area contributed by atoms with Crippen molar-refractivity contribution in [1.82, 2.24) is 0 Å². The largest absolute Gasteiger partial charge is 0.192 e. The summed E-state index contributed by atoms with van der Waals surface area (Å²) in [5, 5.41) is 19.0. The molecular weight excluding hydrogens is 292 g/mol. The fourth-order valence-electron chi connectivity index (χ4n) is 3.06. The van der Waals surface area contributed by atoms with Crippen LogP contribution < -0.4 is 0 Å². The maximum atomic E-state index is 9.52. The molecule has 2 heteroatoms. The number of nitrogens with zero attached hydrogens (tertiary/aromatic N) is 2. The van der Waals surface area contributed by atoms with E-state index in [1.165, 1.54) is 5.56 Å². The van der Waals surface area contributed by atoms with Crippen molar-refractivity contribution >= 4 is 17.7 Å². The van der Waals surface area contributed by atoms with Crippen LogP contribution in [-0.4, -0.2) is 0 Å². The molecule has 0 aliphatic heterocycles. The number of allylic oxidation sites excluding steroid dienone is 1. The summed E-state index contributed by atoms with van der Waals surface area (Å²) in [4.78, 5) is 0. The van der Waals surface area contributed by atoms with Crippen molar-refractivity contribution in [2.24, 2.45) is 0 Å². The molecule has 0 radical (unpaired) electrons. The first kappa shape index (κ1) is 15.8. The van der Waals surface area contributed by atoms with Crippen LogP contribution in [0.15, 0.2) is 42.0 Å². The van der Waals surface area contributed by atoms with Crippen molar-refractivity contribution in [1.29, 1.82) is 10.5 Å². The molecule has 1 aliphatic carbocycles. The highest BCUT2D eigenvalue weighted by Crippen LogP contribution is 2.37. The van der Waals surface area contributed by atoms with Crippen molar-refractivity contribution < 1.29 is 0 Å². The van der Waals surface area contributed by atoms with Gasteiger partial charge in [-0.2, -0.15) is 10.5 Å². The van der Waals surface area contributed by atoms with Crippen LogP contribution in [0.2, 0.25) is 0 Å². The van der Waals surface area contributed by atoms with Gasteiger partial charge in [0.2, 0.25) is 0 Å². The van der Waals surface area contributed by atoms with E-state index in [1.807, 2.05) is 13.0 Å². The molecule has 0 N–H and O–H groups in total. The number of fused-ring (bicyclic) bond motifs is 2. The third-order valence-corrected chi connectivity index (χ3v) is 4.41. The Bertz CT molecular complexity index is 944. The number of hydrogen-bond acceptors (Lipinski definition) is 2. The smallest absolute Gasteiger partial charge is 0.138 e. The molecule has 2 aromatic rings. The molecule has 0 saturated heterocycles. The van der Waals surface area contributed by atoms with Gasteiger partial charge in [-0.3, -0.25) is 0 Å². The zero-order valence-electron chi connectivity index (χ0n) is 14.1. The standard InChI is InChI=1S/C22H18N2/c1-14(2)18-9-8-17-7-6-16-5-4-15(3)10-20(16)22(21(17)11-18)19(12-23)13-24/h4-11,14H,1-3H3. The predicted molar refractivity (Wildman–Crippen MR) is 97.9 cm³/mol. The van der Waals surface area contributed by atoms with Crippen LogP contribution in [0.1, 0.15) is 53.1 Å². The van der Waals surface area contributed by atoms with Crippen molar-refractivity contribution in [3.63, 3.8) is 0 Å². The minimum Gasteiger partial charge on any atom is -0.192 e. The van der Waals surface area contributed by atoms with E-state index in [9.17, 15) is 10.5 Å². The van der Waals surface area contributed by atoms with Crippen LogP contribution in [0.25, 0.3) is 17.7 Å². The third-order valence-electron chi connectivity index (χ3n) is 4.41. The number of rotatable bonds is 1. The highest BCUT2D eigenvalue weighted by molar-refractivity contribution is 5.97. The zero-order valence-corrected chi connectivity index (χ0v) is 14.1. The van der Waals surface area contributed by atoms with E-state index in [1.54, 1.807) is 0 Å². The number of aryl methyl sites for hydroxylation is 1. The van der Waals surface area contributed by atoms with Crippen LogP contribution in [0, 0.1) is 29.6 Å². The second kappa shape index (κ2) is 6.19. The fourth-order valence-corrected chi connectivity index (χ4v) is 3.06. The average molecular weight is 310 g/mol. The predicted octanol–water partition coefficient (Wildman–Crippen LogP) is 5.45. The van der Waals surface area contributed by atoms with Crippen LogP contribution in [0.4, 0.5) is 0 Å². The summed E-state index contributed by atoms with van der Waals surface area (Å²) in [6, 6.07) is 16.6. The van der Waals surface area contributed by atoms with Gasteiger partial charge in [0, 0.05) is 5.57 Å². The maximum absolute atomic E-state index is 9.52. The van der Waals surface area contributed by atoms with E-state index in [0.717, 1.165) is 33.4 Å². The summed E-state index contributed by atoms with van der Waals surface area (Å²) in [6.07, 6.45) is 4.12. The monoisotopic (exact) mass is 310 g/mol. The molecule has 0 atom stereocenters. The van der Waals surface area contributed by atoms with Crippen LogP contribution >= 0.6 is 0 Å². The molecule has 0 heterocycles. The van der Waals surface area contributed by atoms with E-state index in [0.29, 0.717) is 5.92 Å². The Morgan fingerprint density at radius 2 is 1.46 bits per heavy atom. The highest BCUT2D eigenvalue weighted by atomic mass is 14.3. The van der Waals surface area contributed by atoms with Gasteiger partial charge in [0.1, 0.15) is 17.7 Å². The molecule has 0 bridgehead atoms. The summed E-state index contributed by atoms with van der Waals surface area (Å²) in [6.45, 7) is 6.31. The van der Waals surface area contributed by atoms with Crippen LogP contribution in [0.5, 0.6) is 0 Å². The van der Waals surface area contributed by atoms with Gasteiger partial charge in [-0.05, 0) is 40.7 Å². The van der Waals surface area contributed by atoms with E-state index >= 15 is 0 Å². The number of benzene rings is 2. The second-order valence-corrected chi connectivity index (χ2v) is 6.40. The lowest BCUT2D eigenvalue weighted by atomic mass is 9.87. The first-order valence-electron chi connectivity index (χ1n) is 8.03. The lowest BCUT2D eigenvalue weighted by molar-refractivity contribution is 0.866. The Labute approximate surface area is 143 Å². The minimum atomic E-state index is 0.160. The first-order valence-corrected chi connectivity index (χ1v) is 8.03. The zero-order chi connectivity index (χ0) is 17.3. The summed E-state index contributed by atoms with van der Waals surface area (Å²) in [7, 11) is 0. The number of hydrogen-bond donors (Lipinski definition) is 0. The molecule has 3 rings (SSSR count). The van der Waals surface area contributed by atoms with Crippen molar-refractivity contribution in [3.8, 4) is 12.1 Å². The molecule has 2 aromatic carbocycles. The van der Waals surface area contributed by atoms with Gasteiger partial charge in [-0.25, -0.2) is 0 Å². The van der Waals surface area contributed by atoms with Crippen LogP contribution in [-0.2, 0) is 0 Å². The Kier molecular flexibility index (Phi) is 4.07. The van der Waals surface area contributed by atoms with Gasteiger partial charge in [-0.15, -0.1) is 0 Å². The van der Waals surface area contributed by atoms with Gasteiger partial charge in [0.25, 0.3) is 0 Å². The summed E-state index contributed by atoms with van der Waals surface area (Å²) >= 11 is 0. The first-order chi connectivity index (χ1) is 11.5. The topological polar surface area (TPSA) is 47.6 Å². The SMILES string of the molecule is Cc1ccc2c(c1)C(=C(C#N)C#N)c1cc(C(C)C)ccc1C=C2. The third kappa shape index (κ3) is 2.64. The van der Waals surface area contributed by atoms with Crippen molar-refractivity contribution in [2.45, 2.75) is 26.7 Å². The molecule has 0 spiro atoms. The molecule has 116 valence electrons. The maximum Gasteiger partial charge on any atom is 0.138 e. The Hall–Kier alpha value is -3.10. The highest BCUT2D eigenvalue weighted by Gasteiger charge is 2.20. The average Bonchev–Trinajstić information content (AvgIpc) is 2.73. The van der Waals surface area contributed by atoms with Gasteiger partial charge in [-0.1, -0.05) is 68.0 Å². The van der Waals surface area contributed by atoms with E-state index in [2.05, 4.69) is 68.5 Å². The fraction of sp³-hybridized carbons (Fsp3) is 0.182. The lowest BCUT2D eigenvalue weighted by Crippen LogP contribution is -1.99. The Balaban J connectivity index is 2.43. The normalized spacial score (nSPS) is 12.0. The molecule has 0 aromatic heterocycles. The second-order valence-electron chi connectivity index (χ2n) is 6.40. The molecule has 2 nitrogen and oxygen atoms in total. The quantitative estimate of drug-likeness (QED) is 0.561. The number of nitriles is 2. The Morgan fingerprint density at radius 1 is 0.875 bits per heavy atom. The van der Waals surface area contributed by atoms with Crippen molar-refractivity contribution in [3.05, 3.63) is 75.4 Å². The molecule has 0 saturated carbocycles. The van der Waals surface area contributed by atoms with E-state index in [4.69, 9.17) is 0 Å². The van der Waals surface area contributed by atoms with Crippen LogP contribution in [0.3, 0.4) is 0 Å². The molecule has 0 fully saturated rings. The van der Waals surface area contributed by atoms with Crippen molar-refractivity contribution in [2.75, 3.05) is 0 Å². The lowest BCUT2D eigenvalue weighted by Gasteiger charge is -2.15. The van der Waals surface area contributed by atoms with Gasteiger partial charge in [0.15, 0.2) is 0 Å². The summed E-state index contributed by atoms with van der Waals surface area (Å²) in [5.41, 5.74) is 7.18. The van der Waals surface area contributed by atoms with Gasteiger partial charge in [0.05, 0.1) is 0 Å². The minimum absolute atomic E-state index is 0.160. The van der Waals surface area contributed by atoms with Gasteiger partial charge < -0.3 is 0 Å². The van der Waals surface area contributed by atoms with E-state index in [-0.39, 0.29) is 5.57 Å². The van der Waals surface area contributed by atoms with E-state index < -0.39 is 0 Å². The summed E-state index contributed by atoms with van der Waals surface area (Å²) in [5.74, 6) is 0.383. The summed E-state index contributed by atoms with van der Waals surface area (Å²) < 4.78 is 0. The molecule has 0 amide bonds. The molecule has 0 unspecified atom stereocenters. The molecule has 24 heavy (non-hydrogen) atoms. The van der Waals surface area contributed by atoms with Gasteiger partial charge >= 0.3 is 0 Å². The Morgan fingerprint density at radius 3 is 2.04 bits per heavy atom. The molecular formula is C22H18N2.